The maximum Gasteiger partial charge on any atom is 0.310 e. The number of carbonyl (C=O) groups excluding carboxylic acids is 1. The van der Waals surface area contributed by atoms with Crippen molar-refractivity contribution < 1.29 is 14.3 Å². The molecule has 2 aliphatic heterocycles. The summed E-state index contributed by atoms with van der Waals surface area (Å²) in [5.41, 5.74) is 0. The predicted molar refractivity (Wildman–Crippen MR) is 132 cm³/mol. The minimum absolute atomic E-state index is 0. The van der Waals surface area contributed by atoms with Crippen LogP contribution < -0.4 is 5.32 Å². The Bertz CT molecular complexity index is 653. The molecule has 3 rings (SSSR count). The van der Waals surface area contributed by atoms with Crippen LogP contribution in [0.5, 0.6) is 0 Å². The summed E-state index contributed by atoms with van der Waals surface area (Å²) in [5, 5.41) is 5.56. The van der Waals surface area contributed by atoms with Crippen molar-refractivity contribution in [2.24, 2.45) is 10.9 Å². The quantitative estimate of drug-likeness (QED) is 0.244. The molecule has 3 heterocycles. The average molecular weight is 551 g/mol. The van der Waals surface area contributed by atoms with Gasteiger partial charge in [-0.15, -0.1) is 35.3 Å². The number of nitrogens with zero attached hydrogens (tertiary/aromatic N) is 3. The zero-order valence-corrected chi connectivity index (χ0v) is 21.2. The van der Waals surface area contributed by atoms with E-state index in [1.54, 1.807) is 11.3 Å². The Labute approximate surface area is 201 Å². The maximum atomic E-state index is 12.2. The van der Waals surface area contributed by atoms with Gasteiger partial charge in [-0.25, -0.2) is 0 Å². The van der Waals surface area contributed by atoms with E-state index >= 15 is 0 Å². The molecular weight excluding hydrogens is 515 g/mol. The summed E-state index contributed by atoms with van der Waals surface area (Å²) in [6, 6.07) is 4.57. The van der Waals surface area contributed by atoms with Crippen LogP contribution in [0.4, 0.5) is 0 Å². The van der Waals surface area contributed by atoms with Crippen LogP contribution in [0.15, 0.2) is 22.5 Å². The second-order valence-corrected chi connectivity index (χ2v) is 8.39. The molecule has 0 amide bonds. The van der Waals surface area contributed by atoms with Gasteiger partial charge >= 0.3 is 5.97 Å². The Morgan fingerprint density at radius 3 is 2.83 bits per heavy atom. The van der Waals surface area contributed by atoms with Gasteiger partial charge in [0, 0.05) is 37.6 Å². The molecule has 0 radical (unpaired) electrons. The molecule has 170 valence electrons. The molecule has 0 bridgehead atoms. The van der Waals surface area contributed by atoms with E-state index in [4.69, 9.17) is 14.5 Å². The number of ether oxygens (including phenoxy) is 2. The monoisotopic (exact) mass is 550 g/mol. The number of nitrogens with one attached hydrogen (secondary N) is 1. The van der Waals surface area contributed by atoms with Gasteiger partial charge in [-0.1, -0.05) is 6.07 Å². The molecule has 0 aliphatic carbocycles. The van der Waals surface area contributed by atoms with Crippen LogP contribution in [-0.4, -0.2) is 80.8 Å². The molecule has 1 N–H and O–H groups in total. The number of guanidine groups is 1. The van der Waals surface area contributed by atoms with Crippen LogP contribution in [0.1, 0.15) is 37.6 Å². The van der Waals surface area contributed by atoms with E-state index in [0.29, 0.717) is 19.7 Å². The highest BCUT2D eigenvalue weighted by molar-refractivity contribution is 14.0. The summed E-state index contributed by atoms with van der Waals surface area (Å²) in [6.45, 7) is 10.9. The van der Waals surface area contributed by atoms with Gasteiger partial charge in [0.15, 0.2) is 5.96 Å². The molecule has 0 aromatic carbocycles. The summed E-state index contributed by atoms with van der Waals surface area (Å²) < 4.78 is 10.8. The molecule has 2 atom stereocenters. The van der Waals surface area contributed by atoms with E-state index in [2.05, 4.69) is 39.6 Å². The SMILES string of the molecule is CCNC(=NCC(c1cccs1)N1CCOCC1)N1CCCC(C(=O)OCC)C1.I. The standard InChI is InChI=1S/C21H34N4O3S.HI/c1-3-22-21(25-9-5-7-17(16-25)20(26)28-4-2)23-15-18(19-8-6-14-29-19)24-10-12-27-13-11-24;/h6,8,14,17-18H,3-5,7,9-13,15-16H2,1-2H3,(H,22,23);1H. The van der Waals surface area contributed by atoms with Crippen molar-refractivity contribution in [1.82, 2.24) is 15.1 Å². The Balaban J connectivity index is 0.00000320. The summed E-state index contributed by atoms with van der Waals surface area (Å²) in [7, 11) is 0. The van der Waals surface area contributed by atoms with Crippen molar-refractivity contribution in [3.63, 3.8) is 0 Å². The molecular formula is C21H35IN4O3S. The van der Waals surface area contributed by atoms with Gasteiger partial charge in [0.2, 0.25) is 0 Å². The fourth-order valence-corrected chi connectivity index (χ4v) is 4.83. The van der Waals surface area contributed by atoms with Gasteiger partial charge in [-0.3, -0.25) is 14.7 Å². The number of thiophene rings is 1. The number of morpholine rings is 1. The van der Waals surface area contributed by atoms with Crippen molar-refractivity contribution >= 4 is 47.2 Å². The number of likely N-dealkylation sites (tertiary alicyclic amines) is 1. The van der Waals surface area contributed by atoms with E-state index < -0.39 is 0 Å². The number of esters is 1. The molecule has 7 nitrogen and oxygen atoms in total. The smallest absolute Gasteiger partial charge is 0.310 e. The summed E-state index contributed by atoms with van der Waals surface area (Å²) >= 11 is 1.79. The predicted octanol–water partition coefficient (Wildman–Crippen LogP) is 2.98. The van der Waals surface area contributed by atoms with Crippen LogP contribution >= 0.6 is 35.3 Å². The number of rotatable bonds is 7. The minimum atomic E-state index is -0.0853. The lowest BCUT2D eigenvalue weighted by atomic mass is 9.98. The van der Waals surface area contributed by atoms with Crippen molar-refractivity contribution in [1.29, 1.82) is 0 Å². The first kappa shape index (κ1) is 25.4. The fraction of sp³-hybridized carbons (Fsp3) is 0.714. The zero-order valence-electron chi connectivity index (χ0n) is 18.0. The Hall–Kier alpha value is -0.910. The van der Waals surface area contributed by atoms with Crippen LogP contribution in [0, 0.1) is 5.92 Å². The molecule has 2 aliphatic rings. The van der Waals surface area contributed by atoms with Gasteiger partial charge in [-0.2, -0.15) is 0 Å². The lowest BCUT2D eigenvalue weighted by Gasteiger charge is -2.35. The van der Waals surface area contributed by atoms with Gasteiger partial charge in [0.1, 0.15) is 0 Å². The first-order chi connectivity index (χ1) is 14.2. The first-order valence-corrected chi connectivity index (χ1v) is 11.7. The third kappa shape index (κ3) is 7.06. The number of hydrogen-bond acceptors (Lipinski definition) is 6. The maximum absolute atomic E-state index is 12.2. The average Bonchev–Trinajstić information content (AvgIpc) is 3.29. The summed E-state index contributed by atoms with van der Waals surface area (Å²) in [5.74, 6) is 0.744. The molecule has 0 spiro atoms. The van der Waals surface area contributed by atoms with E-state index in [1.807, 2.05) is 6.92 Å². The topological polar surface area (TPSA) is 66.4 Å². The van der Waals surface area contributed by atoms with Gasteiger partial charge in [-0.05, 0) is 38.1 Å². The molecule has 9 heteroatoms. The second kappa shape index (κ2) is 13.5. The molecule has 30 heavy (non-hydrogen) atoms. The Morgan fingerprint density at radius 2 is 2.17 bits per heavy atom. The minimum Gasteiger partial charge on any atom is -0.466 e. The van der Waals surface area contributed by atoms with Crippen LogP contribution in [-0.2, 0) is 14.3 Å². The number of carbonyl (C=O) groups is 1. The largest absolute Gasteiger partial charge is 0.466 e. The number of aliphatic imine (C=N–C) groups is 1. The molecule has 1 aromatic rings. The van der Waals surface area contributed by atoms with E-state index in [1.165, 1.54) is 4.88 Å². The highest BCUT2D eigenvalue weighted by atomic mass is 127. The van der Waals surface area contributed by atoms with E-state index in [-0.39, 0.29) is 41.9 Å². The van der Waals surface area contributed by atoms with Crippen molar-refractivity contribution in [2.75, 3.05) is 59.1 Å². The van der Waals surface area contributed by atoms with Gasteiger partial charge in [0.05, 0.1) is 38.3 Å². The van der Waals surface area contributed by atoms with E-state index in [0.717, 1.165) is 58.2 Å². The van der Waals surface area contributed by atoms with Crippen molar-refractivity contribution in [2.45, 2.75) is 32.7 Å². The lowest BCUT2D eigenvalue weighted by molar-refractivity contribution is -0.149. The molecule has 2 fully saturated rings. The normalized spacial score (nSPS) is 21.6. The van der Waals surface area contributed by atoms with Crippen LogP contribution in [0.25, 0.3) is 0 Å². The summed E-state index contributed by atoms with van der Waals surface area (Å²) in [6.07, 6.45) is 1.87. The zero-order chi connectivity index (χ0) is 20.5. The summed E-state index contributed by atoms with van der Waals surface area (Å²) in [4.78, 5) is 23.3. The third-order valence-electron chi connectivity index (χ3n) is 5.45. The van der Waals surface area contributed by atoms with Crippen LogP contribution in [0.3, 0.4) is 0 Å². The van der Waals surface area contributed by atoms with E-state index in [9.17, 15) is 4.79 Å². The first-order valence-electron chi connectivity index (χ1n) is 10.8. The molecule has 1 aromatic heterocycles. The number of halogens is 1. The van der Waals surface area contributed by atoms with Gasteiger partial charge < -0.3 is 19.7 Å². The van der Waals surface area contributed by atoms with Crippen molar-refractivity contribution in [3.8, 4) is 0 Å². The molecule has 2 unspecified atom stereocenters. The van der Waals surface area contributed by atoms with Crippen LogP contribution in [0.2, 0.25) is 0 Å². The fourth-order valence-electron chi connectivity index (χ4n) is 3.98. The van der Waals surface area contributed by atoms with Gasteiger partial charge in [0.25, 0.3) is 0 Å². The number of hydrogen-bond donors (Lipinski definition) is 1. The highest BCUT2D eigenvalue weighted by Crippen LogP contribution is 2.26. The Kier molecular flexibility index (Phi) is 11.4. The third-order valence-corrected chi connectivity index (χ3v) is 6.42. The Morgan fingerprint density at radius 1 is 1.37 bits per heavy atom. The number of piperidine rings is 1. The van der Waals surface area contributed by atoms with Crippen molar-refractivity contribution in [3.05, 3.63) is 22.4 Å². The second-order valence-electron chi connectivity index (χ2n) is 7.41. The lowest BCUT2D eigenvalue weighted by Crippen LogP contribution is -2.48. The molecule has 2 saturated heterocycles. The molecule has 0 saturated carbocycles. The highest BCUT2D eigenvalue weighted by Gasteiger charge is 2.29.